The summed E-state index contributed by atoms with van der Waals surface area (Å²) < 4.78 is 5.29. The van der Waals surface area contributed by atoms with Crippen molar-refractivity contribution in [2.24, 2.45) is 0 Å². The van der Waals surface area contributed by atoms with E-state index < -0.39 is 5.69 Å². The number of carbonyl (C=O) groups excluding carboxylic acids is 1. The maximum Gasteiger partial charge on any atom is 0.347 e. The molecule has 6 heteroatoms. The quantitative estimate of drug-likeness (QED) is 0.676. The number of nitrogens with one attached hydrogen (secondary N) is 1. The molecule has 116 valence electrons. The van der Waals surface area contributed by atoms with Crippen LogP contribution < -0.4 is 10.6 Å². The number of ether oxygens (including phenoxy) is 1. The first kappa shape index (κ1) is 17.1. The minimum Gasteiger partial charge on any atom is -0.378 e. The van der Waals surface area contributed by atoms with Crippen molar-refractivity contribution >= 4 is 18.2 Å². The highest BCUT2D eigenvalue weighted by Crippen LogP contribution is 2.20. The maximum atomic E-state index is 11.6. The van der Waals surface area contributed by atoms with E-state index >= 15 is 0 Å². The zero-order valence-electron chi connectivity index (χ0n) is 13.1. The molecule has 0 aliphatic carbocycles. The van der Waals surface area contributed by atoms with Gasteiger partial charge in [0.05, 0.1) is 13.2 Å². The van der Waals surface area contributed by atoms with E-state index in [2.05, 4.69) is 9.97 Å². The molecule has 1 saturated heterocycles. The van der Waals surface area contributed by atoms with Gasteiger partial charge in [-0.1, -0.05) is 13.8 Å². The van der Waals surface area contributed by atoms with Gasteiger partial charge in [-0.15, -0.1) is 0 Å². The van der Waals surface area contributed by atoms with Gasteiger partial charge in [0.25, 0.3) is 0 Å². The van der Waals surface area contributed by atoms with Gasteiger partial charge in [-0.3, -0.25) is 4.79 Å². The fourth-order valence-electron chi connectivity index (χ4n) is 2.03. The first-order valence-corrected chi connectivity index (χ1v) is 7.19. The van der Waals surface area contributed by atoms with Crippen molar-refractivity contribution in [3.05, 3.63) is 27.3 Å². The van der Waals surface area contributed by atoms with Crippen molar-refractivity contribution in [1.82, 2.24) is 9.97 Å². The smallest absolute Gasteiger partial charge is 0.347 e. The first-order valence-electron chi connectivity index (χ1n) is 7.19. The van der Waals surface area contributed by atoms with Crippen LogP contribution in [0.15, 0.2) is 10.4 Å². The first-order chi connectivity index (χ1) is 10.1. The lowest BCUT2D eigenvalue weighted by Gasteiger charge is -2.29. The Morgan fingerprint density at radius 1 is 1.33 bits per heavy atom. The van der Waals surface area contributed by atoms with Crippen LogP contribution in [0.3, 0.4) is 0 Å². The number of allylic oxidation sites excluding steroid dienone is 1. The predicted molar refractivity (Wildman–Crippen MR) is 83.7 cm³/mol. The second-order valence-electron chi connectivity index (χ2n) is 4.51. The third-order valence-electron chi connectivity index (χ3n) is 3.06. The van der Waals surface area contributed by atoms with Gasteiger partial charge in [0.15, 0.2) is 0 Å². The van der Waals surface area contributed by atoms with E-state index in [1.165, 1.54) is 0 Å². The average molecular weight is 293 g/mol. The normalized spacial score (nSPS) is 15.2. The second kappa shape index (κ2) is 8.36. The molecular formula is C15H23N3O3. The largest absolute Gasteiger partial charge is 0.378 e. The Morgan fingerprint density at radius 2 is 1.95 bits per heavy atom. The Balaban J connectivity index is 0.00000106. The number of aromatic nitrogens is 2. The van der Waals surface area contributed by atoms with Crippen molar-refractivity contribution in [3.63, 3.8) is 0 Å². The Hall–Kier alpha value is -1.95. The van der Waals surface area contributed by atoms with E-state index in [-0.39, 0.29) is 0 Å². The Kier molecular flexibility index (Phi) is 6.81. The highest BCUT2D eigenvalue weighted by atomic mass is 16.5. The fraction of sp³-hybridized carbons (Fsp3) is 0.533. The van der Waals surface area contributed by atoms with Gasteiger partial charge < -0.3 is 14.6 Å². The molecule has 0 atom stereocenters. The van der Waals surface area contributed by atoms with Crippen molar-refractivity contribution in [3.8, 4) is 0 Å². The molecule has 0 saturated carbocycles. The minimum absolute atomic E-state index is 0.406. The van der Waals surface area contributed by atoms with Gasteiger partial charge in [-0.05, 0) is 25.5 Å². The third-order valence-corrected chi connectivity index (χ3v) is 3.06. The fourth-order valence-corrected chi connectivity index (χ4v) is 2.03. The summed E-state index contributed by atoms with van der Waals surface area (Å²) >= 11 is 0. The zero-order chi connectivity index (χ0) is 15.8. The predicted octanol–water partition coefficient (Wildman–Crippen LogP) is 1.54. The van der Waals surface area contributed by atoms with Gasteiger partial charge in [-0.2, -0.15) is 4.98 Å². The van der Waals surface area contributed by atoms with Crippen LogP contribution >= 0.6 is 0 Å². The van der Waals surface area contributed by atoms with Crippen molar-refractivity contribution < 1.29 is 9.53 Å². The van der Waals surface area contributed by atoms with Crippen LogP contribution in [-0.2, 0) is 9.53 Å². The summed E-state index contributed by atoms with van der Waals surface area (Å²) in [7, 11) is 0. The molecule has 2 heterocycles. The summed E-state index contributed by atoms with van der Waals surface area (Å²) in [5.41, 5.74) is 1.64. The third kappa shape index (κ3) is 4.53. The minimum atomic E-state index is -0.406. The van der Waals surface area contributed by atoms with Crippen LogP contribution in [0.25, 0.3) is 6.08 Å². The van der Waals surface area contributed by atoms with E-state index in [4.69, 9.17) is 4.74 Å². The summed E-state index contributed by atoms with van der Waals surface area (Å²) in [5, 5.41) is 0. The lowest BCUT2D eigenvalue weighted by Crippen LogP contribution is -2.38. The van der Waals surface area contributed by atoms with Crippen molar-refractivity contribution in [1.29, 1.82) is 0 Å². The molecule has 0 radical (unpaired) electrons. The Labute approximate surface area is 124 Å². The molecule has 1 aliphatic heterocycles. The molecular weight excluding hydrogens is 270 g/mol. The number of morpholine rings is 1. The molecule has 1 aliphatic rings. The summed E-state index contributed by atoms with van der Waals surface area (Å²) in [4.78, 5) is 31.0. The molecule has 1 N–H and O–H groups in total. The molecule has 0 spiro atoms. The molecule has 21 heavy (non-hydrogen) atoms. The molecule has 1 aromatic heterocycles. The molecule has 1 aromatic rings. The number of anilines is 1. The van der Waals surface area contributed by atoms with Gasteiger partial charge >= 0.3 is 5.69 Å². The zero-order valence-corrected chi connectivity index (χ0v) is 13.1. The van der Waals surface area contributed by atoms with Crippen LogP contribution in [0.4, 0.5) is 5.82 Å². The van der Waals surface area contributed by atoms with Gasteiger partial charge in [0.1, 0.15) is 12.1 Å². The number of hydrogen-bond donors (Lipinski definition) is 1. The number of rotatable bonds is 3. The molecule has 0 bridgehead atoms. The van der Waals surface area contributed by atoms with Crippen LogP contribution in [0.2, 0.25) is 0 Å². The number of aromatic amines is 1. The molecule has 1 fully saturated rings. The lowest BCUT2D eigenvalue weighted by molar-refractivity contribution is -0.104. The molecule has 0 amide bonds. The highest BCUT2D eigenvalue weighted by molar-refractivity contribution is 5.81. The Bertz CT molecular complexity index is 558. The summed E-state index contributed by atoms with van der Waals surface area (Å²) in [6, 6.07) is 0. The van der Waals surface area contributed by atoms with Crippen LogP contribution in [0.1, 0.15) is 32.0 Å². The molecule has 0 aromatic carbocycles. The summed E-state index contributed by atoms with van der Waals surface area (Å²) in [6.07, 6.45) is 2.42. The van der Waals surface area contributed by atoms with Crippen LogP contribution in [0, 0.1) is 6.92 Å². The van der Waals surface area contributed by atoms with Gasteiger partial charge in [0, 0.05) is 24.3 Å². The van der Waals surface area contributed by atoms with E-state index in [0.29, 0.717) is 43.4 Å². The number of nitrogens with zero attached hydrogens (tertiary/aromatic N) is 2. The van der Waals surface area contributed by atoms with E-state index in [0.717, 1.165) is 11.8 Å². The van der Waals surface area contributed by atoms with Crippen LogP contribution in [0.5, 0.6) is 0 Å². The number of aldehydes is 1. The summed E-state index contributed by atoms with van der Waals surface area (Å²) in [6.45, 7) is 10.3. The van der Waals surface area contributed by atoms with Gasteiger partial charge in [0.2, 0.25) is 0 Å². The second-order valence-corrected chi connectivity index (χ2v) is 4.51. The molecule has 6 nitrogen and oxygen atoms in total. The maximum absolute atomic E-state index is 11.6. The number of hydrogen-bond acceptors (Lipinski definition) is 5. The molecule has 0 unspecified atom stereocenters. The van der Waals surface area contributed by atoms with E-state index in [1.54, 1.807) is 13.0 Å². The topological polar surface area (TPSA) is 75.3 Å². The van der Waals surface area contributed by atoms with E-state index in [9.17, 15) is 9.59 Å². The van der Waals surface area contributed by atoms with Gasteiger partial charge in [-0.25, -0.2) is 4.79 Å². The average Bonchev–Trinajstić information content (AvgIpc) is 2.53. The SMILES string of the molecule is C/C(C=O)=C\c1[nH]c(=O)nc(N2CCOCC2)c1C.CC. The van der Waals surface area contributed by atoms with Crippen molar-refractivity contribution in [2.45, 2.75) is 27.7 Å². The highest BCUT2D eigenvalue weighted by Gasteiger charge is 2.17. The number of carbonyl (C=O) groups is 1. The van der Waals surface area contributed by atoms with Crippen LogP contribution in [-0.4, -0.2) is 42.6 Å². The molecule has 2 rings (SSSR count). The Morgan fingerprint density at radius 3 is 2.52 bits per heavy atom. The monoisotopic (exact) mass is 293 g/mol. The lowest BCUT2D eigenvalue weighted by atomic mass is 10.1. The standard InChI is InChI=1S/C13H17N3O3.C2H6/c1-9(8-17)7-11-10(2)12(15-13(18)14-11)16-3-5-19-6-4-16;1-2/h7-8H,3-6H2,1-2H3,(H,14,15,18);1-2H3/b9-7+;. The van der Waals surface area contributed by atoms with Crippen molar-refractivity contribution in [2.75, 3.05) is 31.2 Å². The van der Waals surface area contributed by atoms with E-state index in [1.807, 2.05) is 25.7 Å². The number of H-pyrrole nitrogens is 1. The summed E-state index contributed by atoms with van der Waals surface area (Å²) in [5.74, 6) is 0.664.